The monoisotopic (exact) mass is 538 g/mol. The zero-order valence-electron chi connectivity index (χ0n) is 19.9. The number of carbonyl (C=O) groups is 1. The third-order valence-corrected chi connectivity index (χ3v) is 5.78. The summed E-state index contributed by atoms with van der Waals surface area (Å²) in [6.45, 7) is 0.523. The molecule has 0 spiro atoms. The normalized spacial score (nSPS) is 12.4. The van der Waals surface area contributed by atoms with Crippen LogP contribution in [0, 0.1) is 0 Å². The average Bonchev–Trinajstić information content (AvgIpc) is 3.35. The molecule has 6 nitrogen and oxygen atoms in total. The number of allylic oxidation sites excluding steroid dienone is 2. The first-order valence-corrected chi connectivity index (χ1v) is 11.8. The highest BCUT2D eigenvalue weighted by molar-refractivity contribution is 6.33. The number of nitrogens with zero attached hydrogens (tertiary/aromatic N) is 3. The maximum Gasteiger partial charge on any atom is 0.430 e. The number of aliphatic imine (C=N–C) groups is 1. The summed E-state index contributed by atoms with van der Waals surface area (Å²) in [4.78, 5) is 21.2. The molecule has 0 radical (unpaired) electrons. The minimum atomic E-state index is -4.74. The van der Waals surface area contributed by atoms with Gasteiger partial charge in [-0.05, 0) is 35.9 Å². The van der Waals surface area contributed by atoms with Crippen LogP contribution in [0.4, 0.5) is 18.9 Å². The largest absolute Gasteiger partial charge is 0.454 e. The molecule has 0 fully saturated rings. The van der Waals surface area contributed by atoms with E-state index >= 15 is 0 Å². The van der Waals surface area contributed by atoms with Gasteiger partial charge in [-0.25, -0.2) is 14.8 Å². The number of hydrogen-bond acceptors (Lipinski definition) is 5. The van der Waals surface area contributed by atoms with Crippen molar-refractivity contribution in [2.45, 2.75) is 19.3 Å². The lowest BCUT2D eigenvalue weighted by Crippen LogP contribution is -2.21. The zero-order valence-corrected chi connectivity index (χ0v) is 20.7. The van der Waals surface area contributed by atoms with E-state index in [1.54, 1.807) is 36.7 Å². The van der Waals surface area contributed by atoms with Crippen molar-refractivity contribution in [3.63, 3.8) is 0 Å². The second kappa shape index (κ2) is 11.8. The lowest BCUT2D eigenvalue weighted by Gasteiger charge is -2.10. The molecule has 2 N–H and O–H groups in total. The molecule has 0 saturated heterocycles. The van der Waals surface area contributed by atoms with Crippen LogP contribution in [-0.2, 0) is 17.9 Å². The van der Waals surface area contributed by atoms with Crippen molar-refractivity contribution in [3.8, 4) is 0 Å². The molecule has 0 unspecified atom stereocenters. The smallest absolute Gasteiger partial charge is 0.430 e. The highest BCUT2D eigenvalue weighted by Crippen LogP contribution is 2.27. The molecule has 10 heteroatoms. The van der Waals surface area contributed by atoms with Gasteiger partial charge in [-0.1, -0.05) is 66.2 Å². The number of imidazole rings is 1. The number of hydrogen-bond donors (Lipinski definition) is 1. The Bertz CT molecular complexity index is 1460. The molecule has 0 aliphatic carbocycles. The number of halogens is 4. The van der Waals surface area contributed by atoms with E-state index in [9.17, 15) is 18.0 Å². The van der Waals surface area contributed by atoms with Gasteiger partial charge in [0.1, 0.15) is 18.1 Å². The first kappa shape index (κ1) is 26.7. The van der Waals surface area contributed by atoms with Gasteiger partial charge in [-0.15, -0.1) is 0 Å². The maximum atomic E-state index is 13.1. The Labute approximate surface area is 221 Å². The van der Waals surface area contributed by atoms with Crippen molar-refractivity contribution in [2.75, 3.05) is 0 Å². The van der Waals surface area contributed by atoms with Gasteiger partial charge in [-0.2, -0.15) is 13.2 Å². The van der Waals surface area contributed by atoms with Crippen LogP contribution < -0.4 is 5.73 Å². The Balaban J connectivity index is 1.51. The minimum Gasteiger partial charge on any atom is -0.454 e. The molecular formula is C28H22ClF3N4O2. The molecule has 0 saturated carbocycles. The molecule has 38 heavy (non-hydrogen) atoms. The van der Waals surface area contributed by atoms with Crippen molar-refractivity contribution in [1.82, 2.24) is 9.55 Å². The molecule has 3 aromatic carbocycles. The van der Waals surface area contributed by atoms with Gasteiger partial charge >= 0.3 is 12.1 Å². The highest BCUT2D eigenvalue weighted by atomic mass is 35.5. The summed E-state index contributed by atoms with van der Waals surface area (Å²) >= 11 is 6.13. The van der Waals surface area contributed by atoms with Crippen LogP contribution in [-0.4, -0.2) is 27.4 Å². The lowest BCUT2D eigenvalue weighted by atomic mass is 10.1. The van der Waals surface area contributed by atoms with Crippen LogP contribution in [0.15, 0.2) is 108 Å². The zero-order chi connectivity index (χ0) is 27.1. The molecule has 0 aliphatic heterocycles. The standard InChI is InChI=1S/C28H22ClF3N4O2/c29-22-8-4-5-9-23(22)35-24(16-25(33)28(30,31)32)20-10-12-21(13-11-20)27(37)38-18-26-34-14-15-36(26)17-19-6-2-1-3-7-19/h1-16H,17-18,33H2. The second-order valence-electron chi connectivity index (χ2n) is 8.16. The molecule has 0 atom stereocenters. The number of carbonyl (C=O) groups excluding carboxylic acids is 1. The molecule has 0 bridgehead atoms. The van der Waals surface area contributed by atoms with Crippen molar-refractivity contribution in [1.29, 1.82) is 0 Å². The molecule has 0 amide bonds. The Morgan fingerprint density at radius 2 is 1.66 bits per heavy atom. The predicted molar refractivity (Wildman–Crippen MR) is 139 cm³/mol. The number of nitrogens with two attached hydrogens (primary N) is 1. The number of aromatic nitrogens is 2. The van der Waals surface area contributed by atoms with Gasteiger partial charge in [0, 0.05) is 24.5 Å². The molecule has 0 aliphatic rings. The predicted octanol–water partition coefficient (Wildman–Crippen LogP) is 6.47. The third-order valence-electron chi connectivity index (χ3n) is 5.46. The third kappa shape index (κ3) is 6.89. The highest BCUT2D eigenvalue weighted by Gasteiger charge is 2.31. The van der Waals surface area contributed by atoms with Crippen LogP contribution in [0.25, 0.3) is 0 Å². The quantitative estimate of drug-likeness (QED) is 0.206. The first-order chi connectivity index (χ1) is 18.2. The minimum absolute atomic E-state index is 0.0511. The van der Waals surface area contributed by atoms with E-state index in [1.807, 2.05) is 34.9 Å². The summed E-state index contributed by atoms with van der Waals surface area (Å²) in [5.41, 5.74) is 5.70. The first-order valence-electron chi connectivity index (χ1n) is 11.4. The summed E-state index contributed by atoms with van der Waals surface area (Å²) in [6, 6.07) is 22.0. The molecule has 194 valence electrons. The van der Waals surface area contributed by atoms with Crippen LogP contribution >= 0.6 is 11.6 Å². The molecule has 4 rings (SSSR count). The summed E-state index contributed by atoms with van der Waals surface area (Å²) in [5.74, 6) is -0.0403. The van der Waals surface area contributed by atoms with Gasteiger partial charge in [0.05, 0.1) is 22.0 Å². The van der Waals surface area contributed by atoms with E-state index in [2.05, 4.69) is 9.98 Å². The van der Waals surface area contributed by atoms with Gasteiger partial charge in [0.25, 0.3) is 0 Å². The van der Waals surface area contributed by atoms with E-state index in [4.69, 9.17) is 22.1 Å². The number of benzene rings is 3. The van der Waals surface area contributed by atoms with Crippen LogP contribution in [0.2, 0.25) is 5.02 Å². The van der Waals surface area contributed by atoms with Crippen LogP contribution in [0.3, 0.4) is 0 Å². The fourth-order valence-electron chi connectivity index (χ4n) is 3.48. The molecule has 4 aromatic rings. The van der Waals surface area contributed by atoms with E-state index < -0.39 is 17.8 Å². The Hall–Kier alpha value is -4.37. The summed E-state index contributed by atoms with van der Waals surface area (Å²) in [6.07, 6.45) is -0.591. The molecular weight excluding hydrogens is 517 g/mol. The second-order valence-corrected chi connectivity index (χ2v) is 8.56. The fraction of sp³-hybridized carbons (Fsp3) is 0.107. The van der Waals surface area contributed by atoms with Gasteiger partial charge in [0.15, 0.2) is 0 Å². The Morgan fingerprint density at radius 1 is 1.00 bits per heavy atom. The van der Waals surface area contributed by atoms with Crippen molar-refractivity contribution in [2.24, 2.45) is 10.7 Å². The number of esters is 1. The summed E-state index contributed by atoms with van der Waals surface area (Å²) < 4.78 is 46.7. The van der Waals surface area contributed by atoms with Crippen LogP contribution in [0.5, 0.6) is 0 Å². The van der Waals surface area contributed by atoms with Crippen molar-refractivity contribution >= 4 is 29.0 Å². The van der Waals surface area contributed by atoms with Gasteiger partial charge < -0.3 is 15.0 Å². The summed E-state index contributed by atoms with van der Waals surface area (Å²) in [5, 5.41) is 0.259. The van der Waals surface area contributed by atoms with E-state index in [0.29, 0.717) is 17.9 Å². The fourth-order valence-corrected chi connectivity index (χ4v) is 3.65. The molecule has 1 heterocycles. The molecule has 1 aromatic heterocycles. The number of rotatable bonds is 8. The number of para-hydroxylation sites is 1. The summed E-state index contributed by atoms with van der Waals surface area (Å²) in [7, 11) is 0. The van der Waals surface area contributed by atoms with E-state index in [1.165, 1.54) is 24.3 Å². The lowest BCUT2D eigenvalue weighted by molar-refractivity contribution is -0.0925. The Morgan fingerprint density at radius 3 is 2.34 bits per heavy atom. The average molecular weight is 539 g/mol. The van der Waals surface area contributed by atoms with E-state index in [0.717, 1.165) is 11.6 Å². The van der Waals surface area contributed by atoms with Crippen LogP contribution in [0.1, 0.15) is 27.3 Å². The maximum absolute atomic E-state index is 13.1. The van der Waals surface area contributed by atoms with E-state index in [-0.39, 0.29) is 28.6 Å². The topological polar surface area (TPSA) is 82.5 Å². The Kier molecular flexibility index (Phi) is 8.28. The number of alkyl halides is 3. The van der Waals surface area contributed by atoms with Gasteiger partial charge in [-0.3, -0.25) is 0 Å². The number of ether oxygens (including phenoxy) is 1. The van der Waals surface area contributed by atoms with Gasteiger partial charge in [0.2, 0.25) is 0 Å². The SMILES string of the molecule is NC(=CC(=Nc1ccccc1Cl)c1ccc(C(=O)OCc2nccn2Cc2ccccc2)cc1)C(F)(F)F. The van der Waals surface area contributed by atoms with Crippen molar-refractivity contribution < 1.29 is 22.7 Å². The van der Waals surface area contributed by atoms with Crippen molar-refractivity contribution in [3.05, 3.63) is 131 Å².